The highest BCUT2D eigenvalue weighted by molar-refractivity contribution is 5.96. The molecule has 2 rings (SSSR count). The molecule has 26 heavy (non-hydrogen) atoms. The molecule has 0 spiro atoms. The van der Waals surface area contributed by atoms with E-state index in [1.807, 2.05) is 13.8 Å². The molecule has 0 bridgehead atoms. The van der Waals surface area contributed by atoms with Crippen molar-refractivity contribution in [1.82, 2.24) is 5.32 Å². The van der Waals surface area contributed by atoms with Gasteiger partial charge in [-0.15, -0.1) is 0 Å². The minimum absolute atomic E-state index is 0.0853. The molecule has 1 aromatic rings. The van der Waals surface area contributed by atoms with Gasteiger partial charge in [-0.1, -0.05) is 13.8 Å². The first-order valence-electron chi connectivity index (χ1n) is 8.83. The Bertz CT molecular complexity index is 648. The number of carbonyl (C=O) groups is 2. The van der Waals surface area contributed by atoms with Gasteiger partial charge in [0.2, 0.25) is 5.91 Å². The van der Waals surface area contributed by atoms with E-state index < -0.39 is 12.2 Å². The summed E-state index contributed by atoms with van der Waals surface area (Å²) in [7, 11) is 0. The summed E-state index contributed by atoms with van der Waals surface area (Å²) < 4.78 is 10.7. The van der Waals surface area contributed by atoms with Gasteiger partial charge in [-0.05, 0) is 19.4 Å². The molecule has 0 saturated heterocycles. The smallest absolute Gasteiger partial charge is 0.411 e. The molecule has 2 amide bonds. The highest BCUT2D eigenvalue weighted by atomic mass is 16.5. The van der Waals surface area contributed by atoms with Gasteiger partial charge in [-0.3, -0.25) is 10.1 Å². The predicted octanol–water partition coefficient (Wildman–Crippen LogP) is 1.88. The van der Waals surface area contributed by atoms with Crippen LogP contribution in [0.15, 0.2) is 12.1 Å². The lowest BCUT2D eigenvalue weighted by Gasteiger charge is -2.23. The van der Waals surface area contributed by atoms with Crippen LogP contribution in [0.1, 0.15) is 32.8 Å². The molecule has 0 radical (unpaired) electrons. The highest BCUT2D eigenvalue weighted by Gasteiger charge is 2.21. The van der Waals surface area contributed by atoms with Gasteiger partial charge in [0.05, 0.1) is 6.61 Å². The molecule has 8 nitrogen and oxygen atoms in total. The second-order valence-corrected chi connectivity index (χ2v) is 6.42. The molecule has 1 aliphatic rings. The van der Waals surface area contributed by atoms with E-state index in [2.05, 4.69) is 16.0 Å². The van der Waals surface area contributed by atoms with Crippen LogP contribution in [0.2, 0.25) is 0 Å². The monoisotopic (exact) mass is 365 g/mol. The first-order chi connectivity index (χ1) is 12.4. The van der Waals surface area contributed by atoms with Gasteiger partial charge in [0.25, 0.3) is 0 Å². The lowest BCUT2D eigenvalue weighted by Crippen LogP contribution is -2.35. The van der Waals surface area contributed by atoms with E-state index in [1.165, 1.54) is 0 Å². The SMILES string of the molecule is CCOC(=O)Nc1cc2c(c(OCC(O)CNC(C)C)c1)CCC(=O)N2. The molecule has 0 fully saturated rings. The third-order valence-corrected chi connectivity index (χ3v) is 3.80. The lowest BCUT2D eigenvalue weighted by molar-refractivity contribution is -0.116. The zero-order valence-electron chi connectivity index (χ0n) is 15.4. The zero-order chi connectivity index (χ0) is 19.1. The second kappa shape index (κ2) is 9.40. The average Bonchev–Trinajstić information content (AvgIpc) is 2.57. The van der Waals surface area contributed by atoms with Crippen molar-refractivity contribution < 1.29 is 24.2 Å². The van der Waals surface area contributed by atoms with E-state index in [4.69, 9.17) is 9.47 Å². The number of nitrogens with one attached hydrogen (secondary N) is 3. The van der Waals surface area contributed by atoms with Gasteiger partial charge in [0, 0.05) is 42.0 Å². The Kier molecular flexibility index (Phi) is 7.23. The van der Waals surface area contributed by atoms with Gasteiger partial charge in [-0.2, -0.15) is 0 Å². The van der Waals surface area contributed by atoms with E-state index in [9.17, 15) is 14.7 Å². The van der Waals surface area contributed by atoms with E-state index in [0.717, 1.165) is 5.56 Å². The summed E-state index contributed by atoms with van der Waals surface area (Å²) in [6, 6.07) is 3.62. The van der Waals surface area contributed by atoms with Crippen LogP contribution < -0.4 is 20.7 Å². The van der Waals surface area contributed by atoms with E-state index in [-0.39, 0.29) is 25.2 Å². The molecular weight excluding hydrogens is 338 g/mol. The Morgan fingerprint density at radius 3 is 2.81 bits per heavy atom. The Morgan fingerprint density at radius 2 is 2.12 bits per heavy atom. The van der Waals surface area contributed by atoms with Crippen LogP contribution in [0.25, 0.3) is 0 Å². The fraction of sp³-hybridized carbons (Fsp3) is 0.556. The molecule has 1 heterocycles. The van der Waals surface area contributed by atoms with Crippen LogP contribution in [-0.4, -0.2) is 49.0 Å². The fourth-order valence-corrected chi connectivity index (χ4v) is 2.57. The predicted molar refractivity (Wildman–Crippen MR) is 98.7 cm³/mol. The van der Waals surface area contributed by atoms with Gasteiger partial charge in [-0.25, -0.2) is 4.79 Å². The molecule has 4 N–H and O–H groups in total. The first kappa shape index (κ1) is 20.0. The van der Waals surface area contributed by atoms with Crippen molar-refractivity contribution in [1.29, 1.82) is 0 Å². The van der Waals surface area contributed by atoms with Crippen LogP contribution in [0.4, 0.5) is 16.2 Å². The first-order valence-corrected chi connectivity index (χ1v) is 8.83. The summed E-state index contributed by atoms with van der Waals surface area (Å²) in [4.78, 5) is 23.3. The van der Waals surface area contributed by atoms with Gasteiger partial charge < -0.3 is 25.2 Å². The van der Waals surface area contributed by atoms with Crippen molar-refractivity contribution in [3.63, 3.8) is 0 Å². The summed E-state index contributed by atoms with van der Waals surface area (Å²) in [6.07, 6.45) is -0.350. The van der Waals surface area contributed by atoms with Crippen molar-refractivity contribution in [2.45, 2.75) is 45.8 Å². The number of carbonyl (C=O) groups excluding carboxylic acids is 2. The van der Waals surface area contributed by atoms with Crippen molar-refractivity contribution in [3.05, 3.63) is 17.7 Å². The van der Waals surface area contributed by atoms with Gasteiger partial charge in [0.15, 0.2) is 0 Å². The molecule has 1 aromatic carbocycles. The minimum Gasteiger partial charge on any atom is -0.490 e. The van der Waals surface area contributed by atoms with E-state index >= 15 is 0 Å². The third kappa shape index (κ3) is 5.89. The maximum Gasteiger partial charge on any atom is 0.411 e. The Hall–Kier alpha value is -2.32. The molecule has 144 valence electrons. The number of hydrogen-bond acceptors (Lipinski definition) is 6. The van der Waals surface area contributed by atoms with Crippen molar-refractivity contribution in [3.8, 4) is 5.75 Å². The van der Waals surface area contributed by atoms with Crippen LogP contribution in [0.3, 0.4) is 0 Å². The highest BCUT2D eigenvalue weighted by Crippen LogP contribution is 2.35. The summed E-state index contributed by atoms with van der Waals surface area (Å²) in [5.74, 6) is 0.441. The van der Waals surface area contributed by atoms with Crippen LogP contribution in [0.5, 0.6) is 5.75 Å². The number of aliphatic hydroxyl groups excluding tert-OH is 1. The number of fused-ring (bicyclic) bond motifs is 1. The second-order valence-electron chi connectivity index (χ2n) is 6.42. The summed E-state index contributed by atoms with van der Waals surface area (Å²) >= 11 is 0. The Labute approximate surface area is 153 Å². The molecule has 1 unspecified atom stereocenters. The normalized spacial score (nSPS) is 14.4. The van der Waals surface area contributed by atoms with Crippen molar-refractivity contribution in [2.75, 3.05) is 30.4 Å². The standard InChI is InChI=1S/C18H27N3O5/c1-4-25-18(24)20-12-7-15-14(5-6-17(23)21-15)16(8-12)26-10-13(22)9-19-11(2)3/h7-8,11,13,19,22H,4-6,9-10H2,1-3H3,(H,20,24)(H,21,23). The molecule has 1 atom stereocenters. The maximum atomic E-state index is 11.7. The van der Waals surface area contributed by atoms with Gasteiger partial charge >= 0.3 is 6.09 Å². The number of aliphatic hydroxyl groups is 1. The number of benzene rings is 1. The Balaban J connectivity index is 2.13. The number of anilines is 2. The lowest BCUT2D eigenvalue weighted by atomic mass is 10.0. The topological polar surface area (TPSA) is 109 Å². The molecule has 0 aromatic heterocycles. The van der Waals surface area contributed by atoms with Crippen LogP contribution >= 0.6 is 0 Å². The van der Waals surface area contributed by atoms with Crippen LogP contribution in [0, 0.1) is 0 Å². The fourth-order valence-electron chi connectivity index (χ4n) is 2.57. The van der Waals surface area contributed by atoms with E-state index in [1.54, 1.807) is 19.1 Å². The number of rotatable bonds is 8. The molecule has 8 heteroatoms. The third-order valence-electron chi connectivity index (χ3n) is 3.80. The largest absolute Gasteiger partial charge is 0.490 e. The van der Waals surface area contributed by atoms with Gasteiger partial charge in [0.1, 0.15) is 18.5 Å². The molecule has 0 aliphatic carbocycles. The minimum atomic E-state index is -0.673. The number of amides is 2. The number of hydrogen-bond donors (Lipinski definition) is 4. The molecular formula is C18H27N3O5. The van der Waals surface area contributed by atoms with E-state index in [0.29, 0.717) is 36.5 Å². The number of ether oxygens (including phenoxy) is 2. The zero-order valence-corrected chi connectivity index (χ0v) is 15.4. The van der Waals surface area contributed by atoms with Crippen molar-refractivity contribution in [2.24, 2.45) is 0 Å². The van der Waals surface area contributed by atoms with Crippen LogP contribution in [-0.2, 0) is 16.0 Å². The quantitative estimate of drug-likeness (QED) is 0.560. The average molecular weight is 365 g/mol. The maximum absolute atomic E-state index is 11.7. The Morgan fingerprint density at radius 1 is 1.35 bits per heavy atom. The summed E-state index contributed by atoms with van der Waals surface area (Å²) in [5, 5.41) is 18.6. The van der Waals surface area contributed by atoms with Crippen molar-refractivity contribution >= 4 is 23.4 Å². The summed E-state index contributed by atoms with van der Waals surface area (Å²) in [6.45, 7) is 6.48. The summed E-state index contributed by atoms with van der Waals surface area (Å²) in [5.41, 5.74) is 1.90. The molecule has 0 saturated carbocycles. The molecule has 1 aliphatic heterocycles.